The first-order valence-electron chi connectivity index (χ1n) is 15.8. The summed E-state index contributed by atoms with van der Waals surface area (Å²) in [6.07, 6.45) is -0.758. The summed E-state index contributed by atoms with van der Waals surface area (Å²) in [4.78, 5) is 34.7. The number of hydrogen-bond acceptors (Lipinski definition) is 8. The Morgan fingerprint density at radius 2 is 1.35 bits per heavy atom. The lowest BCUT2D eigenvalue weighted by molar-refractivity contribution is -0.0903. The van der Waals surface area contributed by atoms with Gasteiger partial charge in [0.25, 0.3) is 11.8 Å². The number of rotatable bonds is 14. The maximum Gasteiger partial charge on any atom is 0.295 e. The van der Waals surface area contributed by atoms with Crippen LogP contribution in [0.1, 0.15) is 53.0 Å². The number of aliphatic hydroxyl groups excluding tert-OH is 2. The van der Waals surface area contributed by atoms with Gasteiger partial charge in [-0.3, -0.25) is 19.3 Å². The first kappa shape index (κ1) is 45.7. The molecular formula is C35H33Cl3F4I2N4O6. The van der Waals surface area contributed by atoms with Gasteiger partial charge in [0.05, 0.1) is 50.4 Å². The molecule has 0 aliphatic heterocycles. The number of carbonyl (C=O) groups is 2. The molecular weight excluding hydrogens is 1010 g/mol. The number of anilines is 4. The van der Waals surface area contributed by atoms with Gasteiger partial charge in [-0.1, -0.05) is 37.0 Å². The van der Waals surface area contributed by atoms with E-state index in [4.69, 9.17) is 44.7 Å². The summed E-state index contributed by atoms with van der Waals surface area (Å²) in [5, 5.41) is 24.0. The van der Waals surface area contributed by atoms with Crippen molar-refractivity contribution in [2.45, 2.75) is 45.8 Å². The fourth-order valence-corrected chi connectivity index (χ4v) is 6.06. The highest BCUT2D eigenvalue weighted by Gasteiger charge is 2.25. The van der Waals surface area contributed by atoms with E-state index in [9.17, 15) is 37.4 Å². The second-order valence-electron chi connectivity index (χ2n) is 11.2. The maximum absolute atomic E-state index is 14.5. The minimum absolute atomic E-state index is 0.140. The average molecular weight is 1040 g/mol. The second-order valence-corrected chi connectivity index (χ2v) is 14.9. The zero-order valence-corrected chi connectivity index (χ0v) is 35.1. The normalized spacial score (nSPS) is 12.0. The molecule has 0 radical (unpaired) electrons. The van der Waals surface area contributed by atoms with E-state index in [0.29, 0.717) is 23.1 Å². The van der Waals surface area contributed by atoms with Crippen molar-refractivity contribution in [1.82, 2.24) is 10.1 Å². The van der Waals surface area contributed by atoms with Gasteiger partial charge >= 0.3 is 0 Å². The highest BCUT2D eigenvalue weighted by molar-refractivity contribution is 14.1. The van der Waals surface area contributed by atoms with E-state index in [1.54, 1.807) is 51.1 Å². The molecule has 10 nitrogen and oxygen atoms in total. The zero-order valence-electron chi connectivity index (χ0n) is 28.6. The van der Waals surface area contributed by atoms with Crippen molar-refractivity contribution in [3.8, 4) is 0 Å². The number of hydroxylamine groups is 2. The van der Waals surface area contributed by atoms with Crippen molar-refractivity contribution in [3.63, 3.8) is 0 Å². The van der Waals surface area contributed by atoms with Gasteiger partial charge in [-0.05, 0) is 125 Å². The van der Waals surface area contributed by atoms with Crippen LogP contribution in [0.3, 0.4) is 0 Å². The first-order valence-corrected chi connectivity index (χ1v) is 19.1. The third kappa shape index (κ3) is 12.7. The van der Waals surface area contributed by atoms with E-state index in [2.05, 4.69) is 38.7 Å². The van der Waals surface area contributed by atoms with Crippen molar-refractivity contribution in [3.05, 3.63) is 112 Å². The van der Waals surface area contributed by atoms with Gasteiger partial charge in [0.1, 0.15) is 13.2 Å². The molecule has 4 aromatic carbocycles. The number of benzene rings is 4. The molecule has 0 aliphatic rings. The topological polar surface area (TPSA) is 132 Å². The molecule has 2 amide bonds. The molecule has 292 valence electrons. The first-order chi connectivity index (χ1) is 25.5. The summed E-state index contributed by atoms with van der Waals surface area (Å²) in [6.45, 7) is 4.89. The van der Waals surface area contributed by atoms with Gasteiger partial charge in [-0.25, -0.2) is 23.0 Å². The molecule has 0 bridgehead atoms. The van der Waals surface area contributed by atoms with Crippen LogP contribution in [0.5, 0.6) is 0 Å². The Morgan fingerprint density at radius 1 is 0.778 bits per heavy atom. The second kappa shape index (κ2) is 21.6. The Bertz CT molecular complexity index is 1970. The quantitative estimate of drug-likeness (QED) is 0.0278. The minimum Gasteiger partial charge on any atom is -0.391 e. The Hall–Kier alpha value is -2.69. The van der Waals surface area contributed by atoms with Crippen LogP contribution in [-0.4, -0.2) is 52.0 Å². The Morgan fingerprint density at radius 3 is 1.96 bits per heavy atom. The van der Waals surface area contributed by atoms with E-state index in [1.165, 1.54) is 0 Å². The third-order valence-corrected chi connectivity index (χ3v) is 9.47. The van der Waals surface area contributed by atoms with Crippen molar-refractivity contribution in [2.24, 2.45) is 0 Å². The number of carbonyl (C=O) groups excluding carboxylic acids is 2. The Labute approximate surface area is 350 Å². The molecule has 0 aliphatic carbocycles. The van der Waals surface area contributed by atoms with Gasteiger partial charge in [-0.15, -0.1) is 4.58 Å². The molecule has 0 saturated heterocycles. The summed E-state index contributed by atoms with van der Waals surface area (Å²) in [7, 11) is 0. The lowest BCUT2D eigenvalue weighted by Gasteiger charge is -2.18. The van der Waals surface area contributed by atoms with Crippen molar-refractivity contribution >= 4 is 115 Å². The summed E-state index contributed by atoms with van der Waals surface area (Å²) in [6, 6.07) is 13.1. The van der Waals surface area contributed by atoms with Crippen LogP contribution in [0.15, 0.2) is 54.6 Å². The molecule has 0 aromatic heterocycles. The molecule has 2 unspecified atom stereocenters. The minimum atomic E-state index is -1.28. The SMILES string of the molecule is CCC(O)CON(Cl)C(=O)c1ccc(F)c(F)c1Nc1ccc(I)cc1Cl.CCC(O)CONC(=O)c1cc(Cl)c(F)c(F)c1Nc1ccc(I)cc1C. The predicted octanol–water partition coefficient (Wildman–Crippen LogP) is 9.97. The highest BCUT2D eigenvalue weighted by Crippen LogP contribution is 2.34. The highest BCUT2D eigenvalue weighted by atomic mass is 127. The van der Waals surface area contributed by atoms with Gasteiger partial charge in [0.15, 0.2) is 23.3 Å². The molecule has 0 heterocycles. The molecule has 0 saturated carbocycles. The maximum atomic E-state index is 14.5. The predicted molar refractivity (Wildman–Crippen MR) is 216 cm³/mol. The van der Waals surface area contributed by atoms with Gasteiger partial charge in [0, 0.05) is 24.6 Å². The Balaban J connectivity index is 0.000000290. The van der Waals surface area contributed by atoms with Crippen molar-refractivity contribution in [2.75, 3.05) is 23.8 Å². The van der Waals surface area contributed by atoms with E-state index in [0.717, 1.165) is 30.9 Å². The van der Waals surface area contributed by atoms with Crippen LogP contribution in [0.2, 0.25) is 10.0 Å². The van der Waals surface area contributed by atoms with Gasteiger partial charge in [0.2, 0.25) is 0 Å². The molecule has 54 heavy (non-hydrogen) atoms. The third-order valence-electron chi connectivity index (χ3n) is 7.29. The number of halogens is 9. The lowest BCUT2D eigenvalue weighted by Crippen LogP contribution is -2.29. The number of hydrogen-bond donors (Lipinski definition) is 5. The van der Waals surface area contributed by atoms with Crippen LogP contribution in [0.25, 0.3) is 0 Å². The summed E-state index contributed by atoms with van der Waals surface area (Å²) >= 11 is 21.7. The lowest BCUT2D eigenvalue weighted by atomic mass is 10.1. The molecule has 0 fully saturated rings. The van der Waals surface area contributed by atoms with Crippen LogP contribution in [-0.2, 0) is 9.68 Å². The van der Waals surface area contributed by atoms with Crippen LogP contribution in [0, 0.1) is 37.3 Å². The molecule has 4 aromatic rings. The summed E-state index contributed by atoms with van der Waals surface area (Å²) in [5.41, 5.74) is 2.36. The fraction of sp³-hybridized carbons (Fsp3) is 0.257. The van der Waals surface area contributed by atoms with E-state index < -0.39 is 58.0 Å². The standard InChI is InChI=1S/C18H18ClF2IN2O3.C17H15Cl2F2IN2O3/c1-3-11(25)8-27-24-18(26)12-7-13(19)15(20)16(21)17(12)23-14-5-4-10(22)6-9(14)2;1-2-10(25)8-27-24(19)17(26)11-4-5-13(20)15(21)16(11)23-14-6-3-9(22)7-12(14)18/h4-7,11,23,25H,3,8H2,1-2H3,(H,24,26);3-7,10,23,25H,2,8H2,1H3. The number of aliphatic hydroxyl groups is 2. The van der Waals surface area contributed by atoms with E-state index in [1.807, 2.05) is 28.7 Å². The Kier molecular flexibility index (Phi) is 18.3. The molecule has 19 heteroatoms. The fourth-order valence-electron chi connectivity index (χ4n) is 4.17. The monoisotopic (exact) mass is 1040 g/mol. The molecule has 5 N–H and O–H groups in total. The number of nitrogens with one attached hydrogen (secondary N) is 3. The van der Waals surface area contributed by atoms with Crippen molar-refractivity contribution < 1.29 is 47.0 Å². The molecule has 0 spiro atoms. The smallest absolute Gasteiger partial charge is 0.295 e. The van der Waals surface area contributed by atoms with E-state index in [-0.39, 0.29) is 40.7 Å². The van der Waals surface area contributed by atoms with Crippen LogP contribution < -0.4 is 16.1 Å². The zero-order chi connectivity index (χ0) is 40.3. The summed E-state index contributed by atoms with van der Waals surface area (Å²) in [5.74, 6) is -6.73. The molecule has 4 rings (SSSR count). The largest absolute Gasteiger partial charge is 0.391 e. The average Bonchev–Trinajstić information content (AvgIpc) is 3.14. The van der Waals surface area contributed by atoms with Gasteiger partial charge in [-0.2, -0.15) is 0 Å². The van der Waals surface area contributed by atoms with Crippen LogP contribution in [0.4, 0.5) is 40.3 Å². The van der Waals surface area contributed by atoms with Crippen LogP contribution >= 0.6 is 80.2 Å². The molecule has 2 atom stereocenters. The number of amides is 2. The van der Waals surface area contributed by atoms with Crippen molar-refractivity contribution in [1.29, 1.82) is 0 Å². The summed E-state index contributed by atoms with van der Waals surface area (Å²) < 4.78 is 58.7. The van der Waals surface area contributed by atoms with Gasteiger partial charge < -0.3 is 20.8 Å². The van der Waals surface area contributed by atoms with E-state index >= 15 is 0 Å². The number of nitrogens with zero attached hydrogens (tertiary/aromatic N) is 1. The number of aryl methyl sites for hydroxylation is 1.